The van der Waals surface area contributed by atoms with Crippen LogP contribution >= 0.6 is 50.1 Å². The molecule has 3 aromatic rings. The van der Waals surface area contributed by atoms with E-state index in [4.69, 9.17) is 25.8 Å². The van der Waals surface area contributed by atoms with E-state index < -0.39 is 0 Å². The third kappa shape index (κ3) is 12.5. The van der Waals surface area contributed by atoms with Crippen molar-refractivity contribution in [3.8, 4) is 17.2 Å². The standard InChI is InChI=1S/C16H18BrNO3.C16H18ClNO3.C16H18INO3/c3*1-16(2,3)12-7-10(8-13(17)15(12)21-4)18-6-5-11(19)9-14(18)20/h3*5-8H,9H2,1-4H3. The van der Waals surface area contributed by atoms with Crippen molar-refractivity contribution in [1.29, 1.82) is 0 Å². The zero-order valence-electron chi connectivity index (χ0n) is 37.7. The highest BCUT2D eigenvalue weighted by molar-refractivity contribution is 14.1. The van der Waals surface area contributed by atoms with Gasteiger partial charge in [-0.1, -0.05) is 73.9 Å². The molecule has 3 aromatic carbocycles. The Morgan fingerprint density at radius 3 is 1.16 bits per heavy atom. The molecule has 3 aliphatic heterocycles. The molecule has 0 atom stereocenters. The maximum Gasteiger partial charge on any atom is 0.238 e. The summed E-state index contributed by atoms with van der Waals surface area (Å²) in [6.07, 6.45) is 8.52. The molecule has 3 amide bonds. The maximum absolute atomic E-state index is 12.1. The molecule has 336 valence electrons. The van der Waals surface area contributed by atoms with Gasteiger partial charge < -0.3 is 14.2 Å². The number of carbonyl (C=O) groups is 6. The molecule has 0 N–H and O–H groups in total. The minimum atomic E-state index is -0.261. The van der Waals surface area contributed by atoms with E-state index in [-0.39, 0.29) is 70.6 Å². The van der Waals surface area contributed by atoms with Crippen molar-refractivity contribution in [1.82, 2.24) is 0 Å². The third-order valence-corrected chi connectivity index (χ3v) is 11.6. The van der Waals surface area contributed by atoms with Gasteiger partial charge in [0, 0.05) is 46.7 Å². The number of hydrogen-bond acceptors (Lipinski definition) is 9. The van der Waals surface area contributed by atoms with Crippen molar-refractivity contribution >= 4 is 102 Å². The molecule has 0 bridgehead atoms. The highest BCUT2D eigenvalue weighted by atomic mass is 127. The normalized spacial score (nSPS) is 15.6. The summed E-state index contributed by atoms with van der Waals surface area (Å²) in [5.41, 5.74) is 4.62. The van der Waals surface area contributed by atoms with Gasteiger partial charge in [-0.15, -0.1) is 0 Å². The molecule has 0 spiro atoms. The second-order valence-electron chi connectivity index (χ2n) is 17.9. The fraction of sp³-hybridized carbons (Fsp3) is 0.375. The van der Waals surface area contributed by atoms with Crippen molar-refractivity contribution in [2.45, 2.75) is 97.8 Å². The van der Waals surface area contributed by atoms with E-state index in [9.17, 15) is 28.8 Å². The van der Waals surface area contributed by atoms with Gasteiger partial charge >= 0.3 is 0 Å². The van der Waals surface area contributed by atoms with Gasteiger partial charge in [0.2, 0.25) is 17.7 Å². The zero-order chi connectivity index (χ0) is 47.4. The van der Waals surface area contributed by atoms with Gasteiger partial charge in [-0.05, 0) is 109 Å². The number of anilines is 3. The van der Waals surface area contributed by atoms with Crippen LogP contribution < -0.4 is 28.9 Å². The first-order valence-corrected chi connectivity index (χ1v) is 22.2. The Labute approximate surface area is 396 Å². The van der Waals surface area contributed by atoms with Gasteiger partial charge in [-0.2, -0.15) is 0 Å². The van der Waals surface area contributed by atoms with Crippen LogP contribution in [0.3, 0.4) is 0 Å². The maximum atomic E-state index is 12.1. The van der Waals surface area contributed by atoms with Crippen molar-refractivity contribution < 1.29 is 43.0 Å². The summed E-state index contributed by atoms with van der Waals surface area (Å²) in [6, 6.07) is 11.2. The van der Waals surface area contributed by atoms with Gasteiger partial charge in [-0.25, -0.2) is 0 Å². The minimum Gasteiger partial charge on any atom is -0.495 e. The Morgan fingerprint density at radius 2 is 0.825 bits per heavy atom. The summed E-state index contributed by atoms with van der Waals surface area (Å²) >= 11 is 12.0. The Kier molecular flexibility index (Phi) is 16.4. The first-order chi connectivity index (χ1) is 29.2. The molecule has 63 heavy (non-hydrogen) atoms. The SMILES string of the molecule is COc1c(Br)cc(N2C=CC(=O)CC2=O)cc1C(C)(C)C.COc1c(Cl)cc(N2C=CC(=O)CC2=O)cc1C(C)(C)C.COc1c(I)cc(N2C=CC(=O)CC2=O)cc1C(C)(C)C. The third-order valence-electron chi connectivity index (χ3n) is 9.97. The van der Waals surface area contributed by atoms with Crippen LogP contribution in [0.4, 0.5) is 17.1 Å². The van der Waals surface area contributed by atoms with Crippen LogP contribution in [-0.4, -0.2) is 56.4 Å². The summed E-state index contributed by atoms with van der Waals surface area (Å²) in [6.45, 7) is 18.7. The number of rotatable bonds is 6. The predicted molar refractivity (Wildman–Crippen MR) is 259 cm³/mol. The second kappa shape index (κ2) is 20.4. The Bertz CT molecular complexity index is 2160. The number of hydrogen-bond donors (Lipinski definition) is 0. The molecular formula is C48H54BrClIN3O9. The van der Waals surface area contributed by atoms with Gasteiger partial charge in [-0.3, -0.25) is 43.5 Å². The number of ketones is 3. The number of nitrogens with zero attached hydrogens (tertiary/aromatic N) is 3. The van der Waals surface area contributed by atoms with Crippen LogP contribution in [0.25, 0.3) is 0 Å². The van der Waals surface area contributed by atoms with Crippen molar-refractivity contribution in [2.75, 3.05) is 36.0 Å². The molecule has 0 aromatic heterocycles. The van der Waals surface area contributed by atoms with Crippen molar-refractivity contribution in [2.24, 2.45) is 0 Å². The molecule has 0 fully saturated rings. The molecule has 0 saturated carbocycles. The monoisotopic (exact) mass is 1060 g/mol. The summed E-state index contributed by atoms with van der Waals surface area (Å²) in [5, 5.41) is 0.443. The number of halogens is 3. The molecule has 0 aliphatic carbocycles. The molecular weight excluding hydrogens is 1000 g/mol. The fourth-order valence-corrected chi connectivity index (χ4v) is 8.47. The lowest BCUT2D eigenvalue weighted by Crippen LogP contribution is -2.31. The molecule has 12 nitrogen and oxygen atoms in total. The number of benzene rings is 3. The number of methoxy groups -OCH3 is 3. The van der Waals surface area contributed by atoms with Crippen LogP contribution in [0.5, 0.6) is 17.2 Å². The number of ether oxygens (including phenoxy) is 3. The lowest BCUT2D eigenvalue weighted by Gasteiger charge is -2.27. The van der Waals surface area contributed by atoms with E-state index >= 15 is 0 Å². The zero-order valence-corrected chi connectivity index (χ0v) is 42.2. The quantitative estimate of drug-likeness (QED) is 0.174. The van der Waals surface area contributed by atoms with Gasteiger partial charge in [0.1, 0.15) is 17.2 Å². The Balaban J connectivity index is 0.000000207. The van der Waals surface area contributed by atoms with E-state index in [1.807, 2.05) is 51.1 Å². The van der Waals surface area contributed by atoms with Gasteiger partial charge in [0.15, 0.2) is 17.3 Å². The lowest BCUT2D eigenvalue weighted by molar-refractivity contribution is -0.126. The highest BCUT2D eigenvalue weighted by Crippen LogP contribution is 2.43. The van der Waals surface area contributed by atoms with Crippen LogP contribution in [0.1, 0.15) is 98.3 Å². The molecule has 0 radical (unpaired) electrons. The Morgan fingerprint density at radius 1 is 0.508 bits per heavy atom. The predicted octanol–water partition coefficient (Wildman–Crippen LogP) is 10.5. The van der Waals surface area contributed by atoms with E-state index in [1.54, 1.807) is 33.6 Å². The highest BCUT2D eigenvalue weighted by Gasteiger charge is 2.29. The molecule has 0 unspecified atom stereocenters. The van der Waals surface area contributed by atoms with E-state index in [0.29, 0.717) is 16.5 Å². The van der Waals surface area contributed by atoms with Crippen molar-refractivity contribution in [3.05, 3.63) is 103 Å². The van der Waals surface area contributed by atoms with Gasteiger partial charge in [0.25, 0.3) is 0 Å². The first kappa shape index (κ1) is 50.8. The molecule has 6 rings (SSSR count). The summed E-state index contributed by atoms with van der Waals surface area (Å²) in [5.74, 6) is 0.998. The van der Waals surface area contributed by atoms with E-state index in [1.165, 1.54) is 45.3 Å². The summed E-state index contributed by atoms with van der Waals surface area (Å²) < 4.78 is 18.1. The largest absolute Gasteiger partial charge is 0.495 e. The van der Waals surface area contributed by atoms with Crippen LogP contribution in [0.2, 0.25) is 5.02 Å². The average Bonchev–Trinajstić information content (AvgIpc) is 3.16. The smallest absolute Gasteiger partial charge is 0.238 e. The first-order valence-electron chi connectivity index (χ1n) is 19.9. The number of allylic oxidation sites excluding steroid dienone is 3. The minimum absolute atomic E-state index is 0.0794. The Hall–Kier alpha value is -4.80. The van der Waals surface area contributed by atoms with E-state index in [2.05, 4.69) is 80.1 Å². The van der Waals surface area contributed by atoms with Crippen LogP contribution in [0.15, 0.2) is 77.7 Å². The topological polar surface area (TPSA) is 140 Å². The van der Waals surface area contributed by atoms with Crippen LogP contribution in [-0.2, 0) is 45.0 Å². The van der Waals surface area contributed by atoms with Gasteiger partial charge in [0.05, 0.1) is 59.3 Å². The fourth-order valence-electron chi connectivity index (χ4n) is 6.74. The van der Waals surface area contributed by atoms with Crippen molar-refractivity contribution in [3.63, 3.8) is 0 Å². The summed E-state index contributed by atoms with van der Waals surface area (Å²) in [4.78, 5) is 74.4. The van der Waals surface area contributed by atoms with Crippen LogP contribution in [0, 0.1) is 3.57 Å². The number of carbonyl (C=O) groups excluding carboxylic acids is 6. The molecule has 0 saturated heterocycles. The second-order valence-corrected chi connectivity index (χ2v) is 20.4. The van der Waals surface area contributed by atoms with E-state index in [0.717, 1.165) is 47.6 Å². The molecule has 3 aliphatic rings. The molecule has 15 heteroatoms. The summed E-state index contributed by atoms with van der Waals surface area (Å²) in [7, 11) is 4.84. The average molecular weight is 1060 g/mol. The lowest BCUT2D eigenvalue weighted by atomic mass is 9.86. The number of amides is 3. The molecule has 3 heterocycles.